The monoisotopic (exact) mass is 247 g/mol. The molecule has 88 valence electrons. The first-order valence-electron chi connectivity index (χ1n) is 5.23. The van der Waals surface area contributed by atoms with Crippen molar-refractivity contribution in [3.8, 4) is 0 Å². The lowest BCUT2D eigenvalue weighted by atomic mass is 10.2. The number of hydrogen-bond acceptors (Lipinski definition) is 2. The lowest BCUT2D eigenvalue weighted by Gasteiger charge is -2.16. The second kappa shape index (κ2) is 4.59. The molecule has 1 aliphatic heterocycles. The van der Waals surface area contributed by atoms with Gasteiger partial charge in [0.1, 0.15) is 0 Å². The Labute approximate surface area is 101 Å². The normalized spacial score (nSPS) is 15.0. The van der Waals surface area contributed by atoms with Gasteiger partial charge in [0, 0.05) is 12.4 Å². The molecular weight excluding hydrogens is 234 g/mol. The molecule has 0 unspecified atom stereocenters. The van der Waals surface area contributed by atoms with Crippen LogP contribution in [-0.4, -0.2) is 12.7 Å². The van der Waals surface area contributed by atoms with Gasteiger partial charge in [0.25, 0.3) is 10.0 Å². The van der Waals surface area contributed by atoms with Gasteiger partial charge in [-0.25, -0.2) is 12.7 Å². The van der Waals surface area contributed by atoms with E-state index >= 15 is 0 Å². The van der Waals surface area contributed by atoms with E-state index in [2.05, 4.69) is 0 Å². The van der Waals surface area contributed by atoms with Crippen LogP contribution in [0.25, 0.3) is 0 Å². The molecule has 1 heterocycles. The molecule has 0 aliphatic carbocycles. The first-order chi connectivity index (χ1) is 8.12. The molecule has 0 bridgehead atoms. The van der Waals surface area contributed by atoms with Gasteiger partial charge in [-0.1, -0.05) is 30.4 Å². The van der Waals surface area contributed by atoms with Gasteiger partial charge in [0.15, 0.2) is 0 Å². The van der Waals surface area contributed by atoms with Crippen LogP contribution in [0.3, 0.4) is 0 Å². The van der Waals surface area contributed by atoms with Crippen molar-refractivity contribution < 1.29 is 8.42 Å². The Morgan fingerprint density at radius 1 is 0.941 bits per heavy atom. The Bertz CT molecular complexity index is 582. The summed E-state index contributed by atoms with van der Waals surface area (Å²) in [5.41, 5.74) is 0.742. The van der Waals surface area contributed by atoms with Crippen molar-refractivity contribution in [2.45, 2.75) is 11.8 Å². The maximum absolute atomic E-state index is 12.4. The highest BCUT2D eigenvalue weighted by atomic mass is 32.2. The fourth-order valence-electron chi connectivity index (χ4n) is 1.57. The summed E-state index contributed by atoms with van der Waals surface area (Å²) in [5, 5.41) is 0. The summed E-state index contributed by atoms with van der Waals surface area (Å²) in [4.78, 5) is 0.330. The molecule has 3 nitrogen and oxygen atoms in total. The van der Waals surface area contributed by atoms with Crippen LogP contribution < -0.4 is 0 Å². The van der Waals surface area contributed by atoms with Crippen molar-refractivity contribution in [1.29, 1.82) is 0 Å². The van der Waals surface area contributed by atoms with Crippen LogP contribution in [0.4, 0.5) is 0 Å². The summed E-state index contributed by atoms with van der Waals surface area (Å²) in [6.07, 6.45) is 10.0. The van der Waals surface area contributed by atoms with Gasteiger partial charge < -0.3 is 0 Å². The number of benzene rings is 1. The van der Waals surface area contributed by atoms with Gasteiger partial charge >= 0.3 is 0 Å². The van der Waals surface area contributed by atoms with Crippen molar-refractivity contribution in [2.24, 2.45) is 0 Å². The number of sulfonamides is 1. The first kappa shape index (κ1) is 11.7. The minimum Gasteiger partial charge on any atom is -0.249 e. The third-order valence-corrected chi connectivity index (χ3v) is 4.26. The van der Waals surface area contributed by atoms with E-state index in [1.807, 2.05) is 6.07 Å². The molecule has 0 spiro atoms. The second-order valence-electron chi connectivity index (χ2n) is 3.67. The van der Waals surface area contributed by atoms with E-state index in [-0.39, 0.29) is 0 Å². The van der Waals surface area contributed by atoms with Crippen LogP contribution in [0, 0.1) is 6.92 Å². The molecule has 4 heteroatoms. The molecule has 0 saturated heterocycles. The van der Waals surface area contributed by atoms with E-state index in [0.29, 0.717) is 4.90 Å². The summed E-state index contributed by atoms with van der Waals surface area (Å²) in [7, 11) is -3.50. The highest BCUT2D eigenvalue weighted by molar-refractivity contribution is 7.89. The Morgan fingerprint density at radius 3 is 2.12 bits per heavy atom. The van der Waals surface area contributed by atoms with E-state index in [9.17, 15) is 8.42 Å². The standard InChI is InChI=1S/C13H13NO2S/c1-12-8-4-5-9-13(12)17(15,16)14-10-6-2-3-7-11-14/h2-11H,1H3. The predicted octanol–water partition coefficient (Wildman–Crippen LogP) is 2.58. The van der Waals surface area contributed by atoms with E-state index in [1.165, 1.54) is 16.7 Å². The maximum Gasteiger partial charge on any atom is 0.267 e. The molecule has 1 aromatic rings. The Kier molecular flexibility index (Phi) is 3.15. The van der Waals surface area contributed by atoms with Crippen LogP contribution in [0.5, 0.6) is 0 Å². The van der Waals surface area contributed by atoms with Gasteiger partial charge in [-0.3, -0.25) is 0 Å². The van der Waals surface area contributed by atoms with Crippen molar-refractivity contribution in [3.05, 3.63) is 66.5 Å². The van der Waals surface area contributed by atoms with E-state index in [1.54, 1.807) is 49.4 Å². The van der Waals surface area contributed by atoms with Crippen LogP contribution in [-0.2, 0) is 10.0 Å². The van der Waals surface area contributed by atoms with Gasteiger partial charge in [0.05, 0.1) is 4.90 Å². The zero-order valence-corrected chi connectivity index (χ0v) is 10.3. The highest BCUT2D eigenvalue weighted by Crippen LogP contribution is 2.20. The average Bonchev–Trinajstić information content (AvgIpc) is 2.58. The van der Waals surface area contributed by atoms with E-state index < -0.39 is 10.0 Å². The second-order valence-corrected chi connectivity index (χ2v) is 5.48. The lowest BCUT2D eigenvalue weighted by Crippen LogP contribution is -2.21. The number of aryl methyl sites for hydroxylation is 1. The van der Waals surface area contributed by atoms with E-state index in [0.717, 1.165) is 5.56 Å². The van der Waals surface area contributed by atoms with Crippen LogP contribution in [0.1, 0.15) is 5.56 Å². The number of rotatable bonds is 2. The zero-order chi connectivity index (χ0) is 12.3. The van der Waals surface area contributed by atoms with Gasteiger partial charge in [-0.05, 0) is 30.7 Å². The fourth-order valence-corrected chi connectivity index (χ4v) is 2.98. The average molecular weight is 247 g/mol. The number of nitrogens with zero attached hydrogens (tertiary/aromatic N) is 1. The Balaban J connectivity index is 2.47. The van der Waals surface area contributed by atoms with Crippen molar-refractivity contribution in [3.63, 3.8) is 0 Å². The SMILES string of the molecule is Cc1ccccc1S(=O)(=O)N1C=CC=CC=C1. The molecule has 17 heavy (non-hydrogen) atoms. The van der Waals surface area contributed by atoms with Gasteiger partial charge in [0.2, 0.25) is 0 Å². The summed E-state index contributed by atoms with van der Waals surface area (Å²) >= 11 is 0. The van der Waals surface area contributed by atoms with Crippen LogP contribution in [0.2, 0.25) is 0 Å². The fraction of sp³-hybridized carbons (Fsp3) is 0.0769. The first-order valence-corrected chi connectivity index (χ1v) is 6.67. The molecule has 1 aliphatic rings. The van der Waals surface area contributed by atoms with Crippen LogP contribution >= 0.6 is 0 Å². The van der Waals surface area contributed by atoms with E-state index in [4.69, 9.17) is 0 Å². The van der Waals surface area contributed by atoms with Crippen molar-refractivity contribution in [1.82, 2.24) is 4.31 Å². The topological polar surface area (TPSA) is 37.4 Å². The van der Waals surface area contributed by atoms with Crippen molar-refractivity contribution >= 4 is 10.0 Å². The number of hydrogen-bond donors (Lipinski definition) is 0. The molecule has 0 amide bonds. The Hall–Kier alpha value is -1.81. The third kappa shape index (κ3) is 2.31. The Morgan fingerprint density at radius 2 is 1.53 bits per heavy atom. The molecule has 0 atom stereocenters. The molecule has 2 rings (SSSR count). The smallest absolute Gasteiger partial charge is 0.249 e. The molecular formula is C13H13NO2S. The van der Waals surface area contributed by atoms with Crippen molar-refractivity contribution in [2.75, 3.05) is 0 Å². The molecule has 0 fully saturated rings. The molecule has 1 aromatic carbocycles. The maximum atomic E-state index is 12.4. The van der Waals surface area contributed by atoms with Gasteiger partial charge in [-0.2, -0.15) is 0 Å². The minimum absolute atomic E-state index is 0.330. The summed E-state index contributed by atoms with van der Waals surface area (Å²) in [6.45, 7) is 1.79. The third-order valence-electron chi connectivity index (χ3n) is 2.45. The molecule has 0 aromatic heterocycles. The molecule has 0 radical (unpaired) electrons. The zero-order valence-electron chi connectivity index (χ0n) is 9.45. The molecule has 0 saturated carbocycles. The summed E-state index contributed by atoms with van der Waals surface area (Å²) < 4.78 is 25.9. The highest BCUT2D eigenvalue weighted by Gasteiger charge is 2.21. The largest absolute Gasteiger partial charge is 0.267 e. The van der Waals surface area contributed by atoms with Crippen LogP contribution in [0.15, 0.2) is 65.9 Å². The molecule has 0 N–H and O–H groups in total. The quantitative estimate of drug-likeness (QED) is 0.805. The summed E-state index contributed by atoms with van der Waals surface area (Å²) in [5.74, 6) is 0. The summed E-state index contributed by atoms with van der Waals surface area (Å²) in [6, 6.07) is 6.95. The minimum atomic E-state index is -3.50. The lowest BCUT2D eigenvalue weighted by molar-refractivity contribution is 0.552. The number of allylic oxidation sites excluding steroid dienone is 4. The predicted molar refractivity (Wildman–Crippen MR) is 67.6 cm³/mol. The van der Waals surface area contributed by atoms with Gasteiger partial charge in [-0.15, -0.1) is 0 Å².